The predicted octanol–water partition coefficient (Wildman–Crippen LogP) is 2.88. The van der Waals surface area contributed by atoms with Gasteiger partial charge in [0.2, 0.25) is 0 Å². The molecule has 0 aliphatic carbocycles. The van der Waals surface area contributed by atoms with Gasteiger partial charge >= 0.3 is 0 Å². The second-order valence-electron chi connectivity index (χ2n) is 3.95. The van der Waals surface area contributed by atoms with Gasteiger partial charge in [0.05, 0.1) is 6.21 Å². The minimum Gasteiger partial charge on any atom is -0.507 e. The van der Waals surface area contributed by atoms with Gasteiger partial charge in [0, 0.05) is 11.3 Å². The summed E-state index contributed by atoms with van der Waals surface area (Å²) in [7, 11) is 0. The molecule has 0 atom stereocenters. The lowest BCUT2D eigenvalue weighted by Crippen LogP contribution is -2.06. The first-order valence-corrected chi connectivity index (χ1v) is 6.91. The van der Waals surface area contributed by atoms with Gasteiger partial charge < -0.3 is 10.8 Å². The molecule has 5 heteroatoms. The fourth-order valence-electron chi connectivity index (χ4n) is 1.28. The molecule has 18 heavy (non-hydrogen) atoms. The summed E-state index contributed by atoms with van der Waals surface area (Å²) in [6.07, 6.45) is 3.76. The molecule has 1 aromatic rings. The maximum absolute atomic E-state index is 9.60. The van der Waals surface area contributed by atoms with Gasteiger partial charge in [0.15, 0.2) is 5.17 Å². The van der Waals surface area contributed by atoms with Gasteiger partial charge in [-0.1, -0.05) is 36.7 Å². The number of phenols is 1. The molecule has 1 aromatic carbocycles. The van der Waals surface area contributed by atoms with Crippen molar-refractivity contribution in [2.75, 3.05) is 5.75 Å². The molecule has 0 radical (unpaired) electrons. The lowest BCUT2D eigenvalue weighted by molar-refractivity contribution is 0.474. The van der Waals surface area contributed by atoms with Crippen LogP contribution in [0.2, 0.25) is 0 Å². The van der Waals surface area contributed by atoms with E-state index in [1.165, 1.54) is 18.0 Å². The van der Waals surface area contributed by atoms with Gasteiger partial charge in [-0.3, -0.25) is 0 Å². The summed E-state index contributed by atoms with van der Waals surface area (Å²) in [5.74, 6) is 1.15. The van der Waals surface area contributed by atoms with Crippen molar-refractivity contribution in [1.29, 1.82) is 0 Å². The quantitative estimate of drug-likeness (QED) is 0.372. The van der Waals surface area contributed by atoms with Crippen LogP contribution in [0.3, 0.4) is 0 Å². The number of unbranched alkanes of at least 4 members (excludes halogenated alkanes) is 1. The predicted molar refractivity (Wildman–Crippen MR) is 79.4 cm³/mol. The first-order chi connectivity index (χ1) is 8.63. The molecule has 0 unspecified atom stereocenters. The maximum Gasteiger partial charge on any atom is 0.180 e. The van der Waals surface area contributed by atoms with Gasteiger partial charge in [-0.25, -0.2) is 0 Å². The zero-order valence-electron chi connectivity index (χ0n) is 10.8. The van der Waals surface area contributed by atoms with Crippen LogP contribution in [0.4, 0.5) is 0 Å². The van der Waals surface area contributed by atoms with Crippen LogP contribution >= 0.6 is 11.8 Å². The number of phenolic OH excluding ortho intramolecular Hbond substituents is 1. The zero-order chi connectivity index (χ0) is 13.4. The van der Waals surface area contributed by atoms with Crippen molar-refractivity contribution < 1.29 is 5.11 Å². The van der Waals surface area contributed by atoms with E-state index in [0.717, 1.165) is 24.2 Å². The number of benzene rings is 1. The van der Waals surface area contributed by atoms with Gasteiger partial charge in [0.1, 0.15) is 5.75 Å². The van der Waals surface area contributed by atoms with Gasteiger partial charge in [-0.15, -0.1) is 5.10 Å². The highest BCUT2D eigenvalue weighted by Crippen LogP contribution is 2.15. The van der Waals surface area contributed by atoms with E-state index < -0.39 is 0 Å². The molecule has 0 heterocycles. The van der Waals surface area contributed by atoms with Crippen molar-refractivity contribution in [1.82, 2.24) is 0 Å². The summed E-state index contributed by atoms with van der Waals surface area (Å²) in [5, 5.41) is 17.8. The second-order valence-corrected chi connectivity index (χ2v) is 5.06. The number of hydrogen-bond acceptors (Lipinski definition) is 4. The normalized spacial score (nSPS) is 12.2. The molecule has 98 valence electrons. The summed E-state index contributed by atoms with van der Waals surface area (Å²) >= 11 is 1.49. The molecule has 0 aromatic heterocycles. The molecule has 0 aliphatic heterocycles. The average Bonchev–Trinajstić information content (AvgIpc) is 2.34. The highest BCUT2D eigenvalue weighted by atomic mass is 32.2. The van der Waals surface area contributed by atoms with E-state index in [9.17, 15) is 5.11 Å². The van der Waals surface area contributed by atoms with E-state index in [1.54, 1.807) is 6.07 Å². The Hall–Kier alpha value is -1.49. The second kappa shape index (κ2) is 7.76. The molecular weight excluding hydrogens is 246 g/mol. The molecule has 0 aliphatic rings. The maximum atomic E-state index is 9.60. The number of nitrogens with zero attached hydrogens (tertiary/aromatic N) is 2. The summed E-state index contributed by atoms with van der Waals surface area (Å²) in [4.78, 5) is 0. The van der Waals surface area contributed by atoms with Crippen molar-refractivity contribution in [2.24, 2.45) is 15.9 Å². The Morgan fingerprint density at radius 1 is 1.50 bits per heavy atom. The van der Waals surface area contributed by atoms with E-state index in [1.807, 2.05) is 19.1 Å². The van der Waals surface area contributed by atoms with Gasteiger partial charge in [-0.2, -0.15) is 5.10 Å². The number of aromatic hydroxyl groups is 1. The summed E-state index contributed by atoms with van der Waals surface area (Å²) in [6.45, 7) is 4.08. The third kappa shape index (κ3) is 5.23. The topological polar surface area (TPSA) is 71.0 Å². The molecule has 0 bridgehead atoms. The van der Waals surface area contributed by atoms with Crippen molar-refractivity contribution in [3.63, 3.8) is 0 Å². The lowest BCUT2D eigenvalue weighted by Gasteiger charge is -1.99. The first-order valence-electron chi connectivity index (χ1n) is 5.92. The fourth-order valence-corrected chi connectivity index (χ4v) is 2.02. The third-order valence-corrected chi connectivity index (χ3v) is 3.15. The number of nitrogens with two attached hydrogens (primary N) is 1. The number of hydrogen-bond donors (Lipinski definition) is 2. The van der Waals surface area contributed by atoms with Gasteiger partial charge in [-0.05, 0) is 25.5 Å². The van der Waals surface area contributed by atoms with Crippen LogP contribution in [0.15, 0.2) is 28.4 Å². The van der Waals surface area contributed by atoms with E-state index in [2.05, 4.69) is 17.1 Å². The molecule has 0 saturated carbocycles. The molecule has 0 amide bonds. The Labute approximate surface area is 112 Å². The molecule has 0 fully saturated rings. The fraction of sp³-hybridized carbons (Fsp3) is 0.385. The van der Waals surface area contributed by atoms with Crippen molar-refractivity contribution in [2.45, 2.75) is 26.7 Å². The van der Waals surface area contributed by atoms with E-state index in [-0.39, 0.29) is 5.75 Å². The first kappa shape index (κ1) is 14.6. The Bertz CT molecular complexity index is 444. The van der Waals surface area contributed by atoms with Gasteiger partial charge in [0.25, 0.3) is 0 Å². The van der Waals surface area contributed by atoms with Crippen LogP contribution in [0.5, 0.6) is 5.75 Å². The Morgan fingerprint density at radius 2 is 2.28 bits per heavy atom. The average molecular weight is 265 g/mol. The Balaban J connectivity index is 2.58. The number of rotatable bonds is 5. The minimum atomic E-state index is 0.191. The third-order valence-electron chi connectivity index (χ3n) is 2.28. The largest absolute Gasteiger partial charge is 0.507 e. The summed E-state index contributed by atoms with van der Waals surface area (Å²) < 4.78 is 0. The minimum absolute atomic E-state index is 0.191. The van der Waals surface area contributed by atoms with Crippen LogP contribution < -0.4 is 5.73 Å². The number of amidine groups is 1. The molecule has 0 spiro atoms. The highest BCUT2D eigenvalue weighted by molar-refractivity contribution is 8.13. The summed E-state index contributed by atoms with van der Waals surface area (Å²) in [5.41, 5.74) is 7.39. The van der Waals surface area contributed by atoms with Crippen molar-refractivity contribution in [3.8, 4) is 5.75 Å². The summed E-state index contributed by atoms with van der Waals surface area (Å²) in [6, 6.07) is 5.32. The smallest absolute Gasteiger partial charge is 0.180 e. The molecule has 0 saturated heterocycles. The highest BCUT2D eigenvalue weighted by Gasteiger charge is 1.97. The van der Waals surface area contributed by atoms with E-state index in [4.69, 9.17) is 5.73 Å². The van der Waals surface area contributed by atoms with Crippen LogP contribution in [-0.2, 0) is 0 Å². The molecule has 3 N–H and O–H groups in total. The number of aryl methyl sites for hydroxylation is 1. The SMILES string of the molecule is CCCCS/C(N)=N/N=Cc1cc(C)ccc1O. The molecular formula is C13H19N3OS. The van der Waals surface area contributed by atoms with E-state index in [0.29, 0.717) is 10.7 Å². The Morgan fingerprint density at radius 3 is 3.00 bits per heavy atom. The van der Waals surface area contributed by atoms with Crippen molar-refractivity contribution >= 4 is 23.1 Å². The molecule has 1 rings (SSSR count). The number of thioether (sulfide) groups is 1. The standard InChI is InChI=1S/C13H19N3OS/c1-3-4-7-18-13(14)16-15-9-11-8-10(2)5-6-12(11)17/h5-6,8-9,17H,3-4,7H2,1-2H3,(H2,14,16). The van der Waals surface area contributed by atoms with Crippen molar-refractivity contribution in [3.05, 3.63) is 29.3 Å². The molecule has 4 nitrogen and oxygen atoms in total. The van der Waals surface area contributed by atoms with Crippen LogP contribution in [0.25, 0.3) is 0 Å². The zero-order valence-corrected chi connectivity index (χ0v) is 11.6. The van der Waals surface area contributed by atoms with E-state index >= 15 is 0 Å². The van der Waals surface area contributed by atoms with Crippen LogP contribution in [-0.4, -0.2) is 22.2 Å². The van der Waals surface area contributed by atoms with Crippen LogP contribution in [0, 0.1) is 6.92 Å². The Kier molecular flexibility index (Phi) is 6.28. The monoisotopic (exact) mass is 265 g/mol. The van der Waals surface area contributed by atoms with Crippen LogP contribution in [0.1, 0.15) is 30.9 Å². The lowest BCUT2D eigenvalue weighted by atomic mass is 10.1.